The molecule has 3 heterocycles. The molecule has 1 fully saturated rings. The average molecular weight is 319 g/mol. The number of aromatic nitrogens is 2. The lowest BCUT2D eigenvalue weighted by atomic mass is 10.0. The zero-order valence-corrected chi connectivity index (χ0v) is 14.4. The number of ether oxygens (including phenoxy) is 2. The van der Waals surface area contributed by atoms with Gasteiger partial charge >= 0.3 is 0 Å². The predicted octanol–water partition coefficient (Wildman–Crippen LogP) is 3.10. The number of rotatable bonds is 1. The topological polar surface area (TPSA) is 39.5 Å². The smallest absolute Gasteiger partial charge is 0.127 e. The summed E-state index contributed by atoms with van der Waals surface area (Å²) in [5.41, 5.74) is 2.22. The van der Waals surface area contributed by atoms with Crippen molar-refractivity contribution in [2.45, 2.75) is 39.0 Å². The lowest BCUT2D eigenvalue weighted by molar-refractivity contribution is -0.121. The summed E-state index contributed by atoms with van der Waals surface area (Å²) in [7, 11) is 2.13. The second kappa shape index (κ2) is 7.43. The SMILES string of the molecule is CCC.CN1CCO[C@@H](C2OCCn3nc4ccccc4c32)C1.[HH]. The minimum absolute atomic E-state index is 0. The van der Waals surface area contributed by atoms with E-state index in [0.29, 0.717) is 6.61 Å². The summed E-state index contributed by atoms with van der Waals surface area (Å²) in [6, 6.07) is 8.28. The first kappa shape index (κ1) is 16.4. The predicted molar refractivity (Wildman–Crippen MR) is 93.7 cm³/mol. The highest BCUT2D eigenvalue weighted by Crippen LogP contribution is 2.34. The van der Waals surface area contributed by atoms with E-state index in [4.69, 9.17) is 9.47 Å². The zero-order chi connectivity index (χ0) is 16.2. The van der Waals surface area contributed by atoms with Crippen LogP contribution in [0.1, 0.15) is 33.5 Å². The molecular weight excluding hydrogens is 290 g/mol. The summed E-state index contributed by atoms with van der Waals surface area (Å²) in [6.07, 6.45) is 1.33. The van der Waals surface area contributed by atoms with Crippen molar-refractivity contribution in [3.63, 3.8) is 0 Å². The lowest BCUT2D eigenvalue weighted by Crippen LogP contribution is -2.45. The first-order valence-electron chi connectivity index (χ1n) is 8.61. The van der Waals surface area contributed by atoms with Crippen LogP contribution in [0.4, 0.5) is 0 Å². The molecule has 0 saturated carbocycles. The van der Waals surface area contributed by atoms with Crippen LogP contribution in [0, 0.1) is 0 Å². The van der Waals surface area contributed by atoms with Gasteiger partial charge in [-0.1, -0.05) is 38.5 Å². The van der Waals surface area contributed by atoms with Crippen LogP contribution in [0.15, 0.2) is 24.3 Å². The molecule has 4 rings (SSSR count). The molecule has 5 heteroatoms. The molecule has 0 radical (unpaired) electrons. The Hall–Kier alpha value is -1.43. The average Bonchev–Trinajstić information content (AvgIpc) is 2.94. The van der Waals surface area contributed by atoms with Crippen LogP contribution >= 0.6 is 0 Å². The van der Waals surface area contributed by atoms with Crippen LogP contribution in [0.5, 0.6) is 0 Å². The highest BCUT2D eigenvalue weighted by atomic mass is 16.5. The van der Waals surface area contributed by atoms with Gasteiger partial charge in [0.05, 0.1) is 31.0 Å². The number of benzene rings is 1. The molecule has 0 amide bonds. The molecule has 2 atom stereocenters. The molecule has 0 bridgehead atoms. The van der Waals surface area contributed by atoms with Crippen LogP contribution in [-0.2, 0) is 16.0 Å². The maximum Gasteiger partial charge on any atom is 0.127 e. The second-order valence-corrected chi connectivity index (χ2v) is 6.30. The number of fused-ring (bicyclic) bond motifs is 3. The van der Waals surface area contributed by atoms with Gasteiger partial charge in [-0.25, -0.2) is 0 Å². The Morgan fingerprint density at radius 1 is 1.17 bits per heavy atom. The first-order valence-corrected chi connectivity index (χ1v) is 8.61. The third-order valence-electron chi connectivity index (χ3n) is 4.19. The molecule has 2 aromatic rings. The number of hydrogen-bond donors (Lipinski definition) is 0. The standard InChI is InChI=1S/C15H19N3O2.C3H8.H2/c1-17-6-8-19-13(10-17)15-14-11-4-2-3-5-12(11)16-18(14)7-9-20-15;1-3-2;/h2-5,13,15H,6-10H2,1H3;3H2,1-2H3;1H/t13-,15?;;/m1../s1. The Morgan fingerprint density at radius 3 is 2.70 bits per heavy atom. The summed E-state index contributed by atoms with van der Waals surface area (Å²) >= 11 is 0. The Bertz CT molecular complexity index is 646. The fraction of sp³-hybridized carbons (Fsp3) is 0.611. The van der Waals surface area contributed by atoms with Crippen molar-refractivity contribution in [3.8, 4) is 0 Å². The summed E-state index contributed by atoms with van der Waals surface area (Å²) in [6.45, 7) is 8.44. The van der Waals surface area contributed by atoms with Gasteiger partial charge in [0, 0.05) is 19.9 Å². The van der Waals surface area contributed by atoms with Gasteiger partial charge in [0.25, 0.3) is 0 Å². The fourth-order valence-electron chi connectivity index (χ4n) is 3.19. The molecular formula is C18H29N3O2. The Balaban J connectivity index is 0.000000487. The van der Waals surface area contributed by atoms with Crippen molar-refractivity contribution >= 4 is 10.9 Å². The molecule has 128 valence electrons. The van der Waals surface area contributed by atoms with Gasteiger partial charge in [0.15, 0.2) is 0 Å². The molecule has 1 unspecified atom stereocenters. The molecule has 0 spiro atoms. The van der Waals surface area contributed by atoms with Crippen molar-refractivity contribution in [2.75, 3.05) is 33.4 Å². The van der Waals surface area contributed by atoms with Crippen LogP contribution in [0.25, 0.3) is 10.9 Å². The van der Waals surface area contributed by atoms with Crippen molar-refractivity contribution < 1.29 is 10.9 Å². The first-order chi connectivity index (χ1) is 11.2. The third kappa shape index (κ3) is 3.42. The zero-order valence-electron chi connectivity index (χ0n) is 14.4. The molecule has 0 aliphatic carbocycles. The van der Waals surface area contributed by atoms with Crippen LogP contribution in [-0.4, -0.2) is 54.1 Å². The fourth-order valence-corrected chi connectivity index (χ4v) is 3.19. The molecule has 1 aromatic heterocycles. The number of likely N-dealkylation sites (N-methyl/N-ethyl adjacent to an activating group) is 1. The van der Waals surface area contributed by atoms with E-state index in [1.807, 2.05) is 6.07 Å². The van der Waals surface area contributed by atoms with E-state index >= 15 is 0 Å². The van der Waals surface area contributed by atoms with E-state index in [2.05, 4.69) is 53.8 Å². The largest absolute Gasteiger partial charge is 0.372 e. The molecule has 1 aromatic carbocycles. The Morgan fingerprint density at radius 2 is 1.91 bits per heavy atom. The minimum Gasteiger partial charge on any atom is -0.372 e. The van der Waals surface area contributed by atoms with E-state index in [9.17, 15) is 0 Å². The van der Waals surface area contributed by atoms with Gasteiger partial charge in [-0.2, -0.15) is 5.10 Å². The molecule has 5 nitrogen and oxygen atoms in total. The van der Waals surface area contributed by atoms with Crippen LogP contribution in [0.3, 0.4) is 0 Å². The maximum absolute atomic E-state index is 6.05. The van der Waals surface area contributed by atoms with Gasteiger partial charge in [-0.3, -0.25) is 4.68 Å². The second-order valence-electron chi connectivity index (χ2n) is 6.30. The van der Waals surface area contributed by atoms with E-state index in [1.165, 1.54) is 17.5 Å². The summed E-state index contributed by atoms with van der Waals surface area (Å²) in [5.74, 6) is 0. The highest BCUT2D eigenvalue weighted by Gasteiger charge is 2.34. The maximum atomic E-state index is 6.05. The minimum atomic E-state index is -0.0149. The van der Waals surface area contributed by atoms with Gasteiger partial charge in [0.2, 0.25) is 0 Å². The van der Waals surface area contributed by atoms with Crippen molar-refractivity contribution in [1.82, 2.24) is 14.7 Å². The van der Waals surface area contributed by atoms with Crippen molar-refractivity contribution in [2.24, 2.45) is 0 Å². The van der Waals surface area contributed by atoms with E-state index < -0.39 is 0 Å². The molecule has 2 aliphatic rings. The van der Waals surface area contributed by atoms with Gasteiger partial charge in [-0.05, 0) is 13.1 Å². The summed E-state index contributed by atoms with van der Waals surface area (Å²) in [5, 5.41) is 5.87. The Kier molecular flexibility index (Phi) is 5.30. The van der Waals surface area contributed by atoms with E-state index in [1.54, 1.807) is 0 Å². The van der Waals surface area contributed by atoms with Gasteiger partial charge < -0.3 is 14.4 Å². The number of hydrogen-bond acceptors (Lipinski definition) is 4. The normalized spacial score (nSPS) is 24.8. The van der Waals surface area contributed by atoms with Gasteiger partial charge in [0.1, 0.15) is 12.2 Å². The molecule has 0 N–H and O–H groups in total. The van der Waals surface area contributed by atoms with Crippen LogP contribution in [0.2, 0.25) is 0 Å². The quantitative estimate of drug-likeness (QED) is 0.810. The summed E-state index contributed by atoms with van der Waals surface area (Å²) in [4.78, 5) is 2.30. The van der Waals surface area contributed by atoms with Gasteiger partial charge in [-0.15, -0.1) is 0 Å². The van der Waals surface area contributed by atoms with Crippen LogP contribution < -0.4 is 0 Å². The molecule has 1 saturated heterocycles. The van der Waals surface area contributed by atoms with E-state index in [0.717, 1.165) is 31.8 Å². The monoisotopic (exact) mass is 319 g/mol. The highest BCUT2D eigenvalue weighted by molar-refractivity contribution is 5.82. The summed E-state index contributed by atoms with van der Waals surface area (Å²) < 4.78 is 14.1. The van der Waals surface area contributed by atoms with Crippen molar-refractivity contribution in [3.05, 3.63) is 30.0 Å². The van der Waals surface area contributed by atoms with E-state index in [-0.39, 0.29) is 13.6 Å². The third-order valence-corrected chi connectivity index (χ3v) is 4.19. The lowest BCUT2D eigenvalue weighted by Gasteiger charge is -2.37. The molecule has 2 aliphatic heterocycles. The van der Waals surface area contributed by atoms with Crippen molar-refractivity contribution in [1.29, 1.82) is 0 Å². The number of morpholine rings is 1. The Labute approximate surface area is 139 Å². The number of nitrogens with zero attached hydrogens (tertiary/aromatic N) is 3. The molecule has 23 heavy (non-hydrogen) atoms.